The summed E-state index contributed by atoms with van der Waals surface area (Å²) in [6.07, 6.45) is 0. The number of imidazole rings is 1. The quantitative estimate of drug-likeness (QED) is 0.665. The van der Waals surface area contributed by atoms with Crippen molar-refractivity contribution in [1.82, 2.24) is 9.97 Å². The molecule has 0 saturated carbocycles. The molecular formula is C15H14N2. The van der Waals surface area contributed by atoms with Gasteiger partial charge in [0, 0.05) is 0 Å². The third-order valence-corrected chi connectivity index (χ3v) is 2.95. The van der Waals surface area contributed by atoms with Crippen LogP contribution in [-0.4, -0.2) is 9.97 Å². The Balaban J connectivity index is 2.17. The lowest BCUT2D eigenvalue weighted by Crippen LogP contribution is -1.79. The van der Waals surface area contributed by atoms with Gasteiger partial charge in [0.25, 0.3) is 0 Å². The Kier molecular flexibility index (Phi) is 2.22. The van der Waals surface area contributed by atoms with Crippen LogP contribution in [0.1, 0.15) is 11.4 Å². The number of rotatable bonds is 1. The molecule has 0 aliphatic heterocycles. The maximum Gasteiger partial charge on any atom is 0.104 e. The van der Waals surface area contributed by atoms with Crippen molar-refractivity contribution in [2.24, 2.45) is 0 Å². The number of hydrogen-bond donors (Lipinski definition) is 1. The van der Waals surface area contributed by atoms with Crippen LogP contribution in [0.25, 0.3) is 22.2 Å². The van der Waals surface area contributed by atoms with E-state index in [-0.39, 0.29) is 0 Å². The molecule has 1 heterocycles. The van der Waals surface area contributed by atoms with Crippen LogP contribution in [-0.2, 0) is 0 Å². The lowest BCUT2D eigenvalue weighted by atomic mass is 10.0. The molecular weight excluding hydrogens is 208 g/mol. The number of aryl methyl sites for hydroxylation is 2. The molecule has 3 rings (SSSR count). The lowest BCUT2D eigenvalue weighted by Gasteiger charge is -2.02. The highest BCUT2D eigenvalue weighted by Crippen LogP contribution is 2.23. The number of benzene rings is 2. The Bertz CT molecular complexity index is 680. The van der Waals surface area contributed by atoms with E-state index in [0.29, 0.717) is 0 Å². The SMILES string of the molecule is Cc1cccc(-c2ccc3nc(C)[nH]c3c2)c1. The van der Waals surface area contributed by atoms with E-state index in [4.69, 9.17) is 0 Å². The van der Waals surface area contributed by atoms with E-state index in [1.54, 1.807) is 0 Å². The summed E-state index contributed by atoms with van der Waals surface area (Å²) in [5.74, 6) is 0.960. The molecule has 0 aliphatic carbocycles. The van der Waals surface area contributed by atoms with Crippen LogP contribution in [0.15, 0.2) is 42.5 Å². The molecule has 17 heavy (non-hydrogen) atoms. The van der Waals surface area contributed by atoms with Gasteiger partial charge in [-0.25, -0.2) is 4.98 Å². The van der Waals surface area contributed by atoms with Gasteiger partial charge in [0.2, 0.25) is 0 Å². The molecule has 0 amide bonds. The highest BCUT2D eigenvalue weighted by Gasteiger charge is 2.02. The second-order valence-electron chi connectivity index (χ2n) is 4.42. The first kappa shape index (κ1) is 10.1. The van der Waals surface area contributed by atoms with Crippen molar-refractivity contribution in [2.75, 3.05) is 0 Å². The van der Waals surface area contributed by atoms with E-state index in [1.807, 2.05) is 6.92 Å². The van der Waals surface area contributed by atoms with Crippen molar-refractivity contribution >= 4 is 11.0 Å². The van der Waals surface area contributed by atoms with Crippen LogP contribution in [0.5, 0.6) is 0 Å². The molecule has 84 valence electrons. The Morgan fingerprint density at radius 3 is 2.59 bits per heavy atom. The van der Waals surface area contributed by atoms with Gasteiger partial charge in [0.1, 0.15) is 5.82 Å². The first-order valence-corrected chi connectivity index (χ1v) is 5.76. The van der Waals surface area contributed by atoms with E-state index in [2.05, 4.69) is 59.4 Å². The van der Waals surface area contributed by atoms with Gasteiger partial charge in [-0.1, -0.05) is 35.9 Å². The third kappa shape index (κ3) is 1.82. The zero-order valence-corrected chi connectivity index (χ0v) is 9.99. The summed E-state index contributed by atoms with van der Waals surface area (Å²) in [5, 5.41) is 0. The number of H-pyrrole nitrogens is 1. The molecule has 3 aromatic rings. The predicted octanol–water partition coefficient (Wildman–Crippen LogP) is 3.85. The number of aromatic amines is 1. The van der Waals surface area contributed by atoms with E-state index in [9.17, 15) is 0 Å². The second-order valence-corrected chi connectivity index (χ2v) is 4.42. The Labute approximate surface area is 100 Å². The molecule has 0 aliphatic rings. The van der Waals surface area contributed by atoms with Crippen LogP contribution in [0.3, 0.4) is 0 Å². The molecule has 0 unspecified atom stereocenters. The molecule has 0 radical (unpaired) electrons. The molecule has 0 bridgehead atoms. The van der Waals surface area contributed by atoms with Crippen molar-refractivity contribution in [1.29, 1.82) is 0 Å². The highest BCUT2D eigenvalue weighted by molar-refractivity contribution is 5.82. The average molecular weight is 222 g/mol. The van der Waals surface area contributed by atoms with Crippen LogP contribution >= 0.6 is 0 Å². The zero-order valence-electron chi connectivity index (χ0n) is 9.99. The van der Waals surface area contributed by atoms with Crippen LogP contribution in [0.4, 0.5) is 0 Å². The number of aromatic nitrogens is 2. The van der Waals surface area contributed by atoms with Crippen molar-refractivity contribution < 1.29 is 0 Å². The summed E-state index contributed by atoms with van der Waals surface area (Å²) in [4.78, 5) is 7.68. The molecule has 0 spiro atoms. The normalized spacial score (nSPS) is 10.9. The second kappa shape index (κ2) is 3.74. The summed E-state index contributed by atoms with van der Waals surface area (Å²) in [5.41, 5.74) is 5.88. The van der Waals surface area contributed by atoms with Crippen LogP contribution in [0.2, 0.25) is 0 Å². The van der Waals surface area contributed by atoms with Gasteiger partial charge in [-0.3, -0.25) is 0 Å². The fourth-order valence-electron chi connectivity index (χ4n) is 2.14. The number of nitrogens with one attached hydrogen (secondary N) is 1. The van der Waals surface area contributed by atoms with Crippen LogP contribution in [0, 0.1) is 13.8 Å². The Morgan fingerprint density at radius 2 is 1.76 bits per heavy atom. The van der Waals surface area contributed by atoms with Gasteiger partial charge in [0.15, 0.2) is 0 Å². The molecule has 1 N–H and O–H groups in total. The van der Waals surface area contributed by atoms with Crippen molar-refractivity contribution in [3.63, 3.8) is 0 Å². The molecule has 2 nitrogen and oxygen atoms in total. The van der Waals surface area contributed by atoms with E-state index < -0.39 is 0 Å². The predicted molar refractivity (Wildman–Crippen MR) is 71.0 cm³/mol. The summed E-state index contributed by atoms with van der Waals surface area (Å²) in [7, 11) is 0. The summed E-state index contributed by atoms with van der Waals surface area (Å²) in [6.45, 7) is 4.09. The average Bonchev–Trinajstić information content (AvgIpc) is 2.68. The van der Waals surface area contributed by atoms with Crippen molar-refractivity contribution in [3.8, 4) is 11.1 Å². The minimum absolute atomic E-state index is 0.960. The van der Waals surface area contributed by atoms with Gasteiger partial charge < -0.3 is 4.98 Å². The minimum Gasteiger partial charge on any atom is -0.342 e. The molecule has 0 fully saturated rings. The standard InChI is InChI=1S/C15H14N2/c1-10-4-3-5-12(8-10)13-6-7-14-15(9-13)17-11(2)16-14/h3-9H,1-2H3,(H,16,17). The number of nitrogens with zero attached hydrogens (tertiary/aromatic N) is 1. The van der Waals surface area contributed by atoms with Gasteiger partial charge in [-0.15, -0.1) is 0 Å². The summed E-state index contributed by atoms with van der Waals surface area (Å²) < 4.78 is 0. The largest absolute Gasteiger partial charge is 0.342 e. The number of hydrogen-bond acceptors (Lipinski definition) is 1. The highest BCUT2D eigenvalue weighted by atomic mass is 14.9. The van der Waals surface area contributed by atoms with Crippen molar-refractivity contribution in [3.05, 3.63) is 53.9 Å². The zero-order chi connectivity index (χ0) is 11.8. The fraction of sp³-hybridized carbons (Fsp3) is 0.133. The molecule has 0 saturated heterocycles. The lowest BCUT2D eigenvalue weighted by molar-refractivity contribution is 1.17. The monoisotopic (exact) mass is 222 g/mol. The Hall–Kier alpha value is -2.09. The molecule has 0 atom stereocenters. The van der Waals surface area contributed by atoms with E-state index in [0.717, 1.165) is 16.9 Å². The third-order valence-electron chi connectivity index (χ3n) is 2.95. The first-order chi connectivity index (χ1) is 8.22. The van der Waals surface area contributed by atoms with Gasteiger partial charge in [0.05, 0.1) is 11.0 Å². The summed E-state index contributed by atoms with van der Waals surface area (Å²) >= 11 is 0. The van der Waals surface area contributed by atoms with Gasteiger partial charge in [-0.2, -0.15) is 0 Å². The number of fused-ring (bicyclic) bond motifs is 1. The van der Waals surface area contributed by atoms with E-state index >= 15 is 0 Å². The topological polar surface area (TPSA) is 28.7 Å². The van der Waals surface area contributed by atoms with E-state index in [1.165, 1.54) is 16.7 Å². The molecule has 2 aromatic carbocycles. The maximum atomic E-state index is 4.41. The molecule has 2 heteroatoms. The Morgan fingerprint density at radius 1 is 0.941 bits per heavy atom. The molecule has 1 aromatic heterocycles. The van der Waals surface area contributed by atoms with Crippen LogP contribution < -0.4 is 0 Å². The fourth-order valence-corrected chi connectivity index (χ4v) is 2.14. The van der Waals surface area contributed by atoms with Gasteiger partial charge in [-0.05, 0) is 37.1 Å². The van der Waals surface area contributed by atoms with Crippen molar-refractivity contribution in [2.45, 2.75) is 13.8 Å². The smallest absolute Gasteiger partial charge is 0.104 e. The first-order valence-electron chi connectivity index (χ1n) is 5.76. The maximum absolute atomic E-state index is 4.41. The van der Waals surface area contributed by atoms with Gasteiger partial charge >= 0.3 is 0 Å². The summed E-state index contributed by atoms with van der Waals surface area (Å²) in [6, 6.07) is 14.9. The minimum atomic E-state index is 0.960.